The summed E-state index contributed by atoms with van der Waals surface area (Å²) >= 11 is 0. The van der Waals surface area contributed by atoms with Crippen LogP contribution in [0.1, 0.15) is 31.2 Å². The van der Waals surface area contributed by atoms with Crippen LogP contribution in [0.5, 0.6) is 0 Å². The number of hydrogen-bond acceptors (Lipinski definition) is 8. The smallest absolute Gasteiger partial charge is 0.323 e. The fourth-order valence-electron chi connectivity index (χ4n) is 5.06. The van der Waals surface area contributed by atoms with Gasteiger partial charge in [0.15, 0.2) is 10.8 Å². The average molecular weight is 469 g/mol. The zero-order valence-electron chi connectivity index (χ0n) is 19.8. The number of hydrogen-bond donors (Lipinski definition) is 0. The lowest BCUT2D eigenvalue weighted by atomic mass is 9.59. The third-order valence-corrected chi connectivity index (χ3v) is 6.51. The first-order chi connectivity index (χ1) is 16.2. The van der Waals surface area contributed by atoms with Gasteiger partial charge in [0.2, 0.25) is 0 Å². The van der Waals surface area contributed by atoms with Gasteiger partial charge in [0.05, 0.1) is 28.4 Å². The summed E-state index contributed by atoms with van der Waals surface area (Å²) in [5, 5.41) is 0. The largest absolute Gasteiger partial charge is 0.468 e. The Morgan fingerprint density at radius 3 is 1.62 bits per heavy atom. The predicted octanol–water partition coefficient (Wildman–Crippen LogP) is 3.18. The molecule has 0 saturated carbocycles. The van der Waals surface area contributed by atoms with Crippen molar-refractivity contribution in [3.8, 4) is 0 Å². The quantitative estimate of drug-likeness (QED) is 0.369. The second-order valence-corrected chi connectivity index (χ2v) is 8.50. The van der Waals surface area contributed by atoms with Crippen LogP contribution in [-0.2, 0) is 38.1 Å². The summed E-state index contributed by atoms with van der Waals surface area (Å²) in [6.07, 6.45) is 1.68. The SMILES string of the molecule is C=C1CC(C(=O)OC)(C(=O)OC)CC2=C1/C(=C/c1ccccc1)CC(C(=O)OC)(C(=O)OC)C2. The Kier molecular flexibility index (Phi) is 7.09. The zero-order chi connectivity index (χ0) is 25.1. The van der Waals surface area contributed by atoms with Gasteiger partial charge in [-0.15, -0.1) is 0 Å². The van der Waals surface area contributed by atoms with Crippen molar-refractivity contribution in [2.24, 2.45) is 10.8 Å². The van der Waals surface area contributed by atoms with E-state index in [-0.39, 0.29) is 25.7 Å². The van der Waals surface area contributed by atoms with Crippen molar-refractivity contribution in [3.05, 3.63) is 64.8 Å². The van der Waals surface area contributed by atoms with Gasteiger partial charge in [-0.1, -0.05) is 48.6 Å². The third kappa shape index (κ3) is 4.04. The Morgan fingerprint density at radius 1 is 0.735 bits per heavy atom. The molecule has 2 aliphatic rings. The summed E-state index contributed by atoms with van der Waals surface area (Å²) in [6.45, 7) is 4.15. The average Bonchev–Trinajstić information content (AvgIpc) is 2.86. The lowest BCUT2D eigenvalue weighted by Gasteiger charge is -2.43. The van der Waals surface area contributed by atoms with E-state index >= 15 is 0 Å². The molecule has 3 rings (SSSR count). The number of methoxy groups -OCH3 is 4. The second kappa shape index (κ2) is 9.67. The number of benzene rings is 1. The second-order valence-electron chi connectivity index (χ2n) is 8.50. The van der Waals surface area contributed by atoms with Crippen molar-refractivity contribution in [3.63, 3.8) is 0 Å². The summed E-state index contributed by atoms with van der Waals surface area (Å²) in [5.74, 6) is -3.06. The number of allylic oxidation sites excluding steroid dienone is 4. The Hall–Kier alpha value is -3.68. The van der Waals surface area contributed by atoms with Crippen molar-refractivity contribution in [1.82, 2.24) is 0 Å². The summed E-state index contributed by atoms with van der Waals surface area (Å²) in [7, 11) is 4.78. The van der Waals surface area contributed by atoms with E-state index in [4.69, 9.17) is 18.9 Å². The van der Waals surface area contributed by atoms with Gasteiger partial charge in [-0.25, -0.2) is 0 Å². The molecule has 0 spiro atoms. The number of ether oxygens (including phenoxy) is 4. The molecule has 180 valence electrons. The van der Waals surface area contributed by atoms with E-state index in [1.165, 1.54) is 28.4 Å². The molecule has 1 aromatic rings. The van der Waals surface area contributed by atoms with Gasteiger partial charge in [-0.3, -0.25) is 19.2 Å². The highest BCUT2D eigenvalue weighted by atomic mass is 16.6. The molecular weight excluding hydrogens is 440 g/mol. The standard InChI is InChI=1S/C26H28O8/c1-16-12-25(21(27)31-2,22(28)32-3)14-19-15-26(23(29)33-4,24(30)34-5)13-18(20(16)19)11-17-9-7-6-8-10-17/h6-11H,1,12-15H2,2-5H3/b18-11+. The van der Waals surface area contributed by atoms with Crippen molar-refractivity contribution in [1.29, 1.82) is 0 Å². The van der Waals surface area contributed by atoms with Crippen LogP contribution in [0.4, 0.5) is 0 Å². The van der Waals surface area contributed by atoms with Gasteiger partial charge in [-0.2, -0.15) is 0 Å². The molecule has 2 aliphatic carbocycles. The highest BCUT2D eigenvalue weighted by molar-refractivity contribution is 6.04. The Morgan fingerprint density at radius 2 is 1.18 bits per heavy atom. The van der Waals surface area contributed by atoms with Gasteiger partial charge < -0.3 is 18.9 Å². The lowest BCUT2D eigenvalue weighted by Crippen LogP contribution is -2.48. The molecule has 0 aliphatic heterocycles. The van der Waals surface area contributed by atoms with Gasteiger partial charge >= 0.3 is 23.9 Å². The van der Waals surface area contributed by atoms with E-state index in [9.17, 15) is 19.2 Å². The molecule has 0 saturated heterocycles. The minimum Gasteiger partial charge on any atom is -0.468 e. The number of esters is 4. The third-order valence-electron chi connectivity index (χ3n) is 6.51. The predicted molar refractivity (Wildman–Crippen MR) is 122 cm³/mol. The van der Waals surface area contributed by atoms with Crippen LogP contribution in [0, 0.1) is 10.8 Å². The van der Waals surface area contributed by atoms with Crippen LogP contribution in [0.3, 0.4) is 0 Å². The van der Waals surface area contributed by atoms with E-state index in [0.717, 1.165) is 11.1 Å². The summed E-state index contributed by atoms with van der Waals surface area (Å²) in [6, 6.07) is 9.39. The van der Waals surface area contributed by atoms with Crippen LogP contribution in [0.25, 0.3) is 6.08 Å². The highest BCUT2D eigenvalue weighted by Crippen LogP contribution is 2.55. The van der Waals surface area contributed by atoms with E-state index in [0.29, 0.717) is 16.7 Å². The monoisotopic (exact) mass is 468 g/mol. The highest BCUT2D eigenvalue weighted by Gasteiger charge is 2.58. The first-order valence-corrected chi connectivity index (χ1v) is 10.7. The van der Waals surface area contributed by atoms with Crippen LogP contribution in [0.15, 0.2) is 59.2 Å². The number of carbonyl (C=O) groups is 4. The molecule has 0 bridgehead atoms. The first-order valence-electron chi connectivity index (χ1n) is 10.7. The maximum atomic E-state index is 13.0. The Labute approximate surface area is 198 Å². The minimum atomic E-state index is -1.68. The van der Waals surface area contributed by atoms with Crippen LogP contribution < -0.4 is 0 Å². The molecule has 8 nitrogen and oxygen atoms in total. The maximum Gasteiger partial charge on any atom is 0.323 e. The van der Waals surface area contributed by atoms with Crippen molar-refractivity contribution in [2.45, 2.75) is 25.7 Å². The first kappa shape index (κ1) is 25.0. The molecular formula is C26H28O8. The van der Waals surface area contributed by atoms with Crippen LogP contribution in [0.2, 0.25) is 0 Å². The van der Waals surface area contributed by atoms with Gasteiger partial charge in [0.25, 0.3) is 0 Å². The molecule has 0 aromatic heterocycles. The molecule has 0 atom stereocenters. The van der Waals surface area contributed by atoms with Crippen molar-refractivity contribution >= 4 is 30.0 Å². The fourth-order valence-corrected chi connectivity index (χ4v) is 5.06. The maximum absolute atomic E-state index is 13.0. The van der Waals surface area contributed by atoms with Gasteiger partial charge in [0, 0.05) is 6.42 Å². The normalized spacial score (nSPS) is 19.6. The van der Waals surface area contributed by atoms with Crippen LogP contribution >= 0.6 is 0 Å². The van der Waals surface area contributed by atoms with E-state index in [1.807, 2.05) is 36.4 Å². The summed E-state index contributed by atoms with van der Waals surface area (Å²) in [4.78, 5) is 51.7. The summed E-state index contributed by atoms with van der Waals surface area (Å²) < 4.78 is 19.9. The number of carbonyl (C=O) groups excluding carboxylic acids is 4. The molecule has 0 heterocycles. The molecule has 0 radical (unpaired) electrons. The van der Waals surface area contributed by atoms with Crippen molar-refractivity contribution < 1.29 is 38.1 Å². The Balaban J connectivity index is 2.28. The molecule has 0 unspecified atom stereocenters. The molecule has 34 heavy (non-hydrogen) atoms. The Bertz CT molecular complexity index is 1060. The van der Waals surface area contributed by atoms with E-state index in [2.05, 4.69) is 6.58 Å². The van der Waals surface area contributed by atoms with Gasteiger partial charge in [0.1, 0.15) is 0 Å². The minimum absolute atomic E-state index is 0.0131. The molecule has 8 heteroatoms. The molecule has 0 fully saturated rings. The lowest BCUT2D eigenvalue weighted by molar-refractivity contribution is -0.169. The molecule has 0 N–H and O–H groups in total. The van der Waals surface area contributed by atoms with Crippen LogP contribution in [-0.4, -0.2) is 52.3 Å². The molecule has 0 amide bonds. The fraction of sp³-hybridized carbons (Fsp3) is 0.385. The van der Waals surface area contributed by atoms with E-state index < -0.39 is 34.7 Å². The zero-order valence-corrected chi connectivity index (χ0v) is 19.8. The summed E-state index contributed by atoms with van der Waals surface area (Å²) in [5.41, 5.74) is -0.0582. The molecule has 1 aromatic carbocycles. The topological polar surface area (TPSA) is 105 Å². The van der Waals surface area contributed by atoms with E-state index in [1.54, 1.807) is 0 Å². The van der Waals surface area contributed by atoms with Gasteiger partial charge in [-0.05, 0) is 41.5 Å². The van der Waals surface area contributed by atoms with Crippen molar-refractivity contribution in [2.75, 3.05) is 28.4 Å². The number of rotatable bonds is 5.